The van der Waals surface area contributed by atoms with Crippen LogP contribution in [0.15, 0.2) is 24.5 Å². The molecule has 0 aliphatic carbocycles. The Morgan fingerprint density at radius 2 is 2.00 bits per heavy atom. The topological polar surface area (TPSA) is 47.0 Å². The van der Waals surface area contributed by atoms with Crippen molar-refractivity contribution in [3.05, 3.63) is 35.7 Å². The zero-order valence-electron chi connectivity index (χ0n) is 11.8. The van der Waals surface area contributed by atoms with E-state index in [1.807, 2.05) is 6.92 Å². The minimum Gasteiger partial charge on any atom is -0.491 e. The van der Waals surface area contributed by atoms with Gasteiger partial charge in [-0.15, -0.1) is 0 Å². The lowest BCUT2D eigenvalue weighted by Gasteiger charge is -2.14. The number of nitrogens with one attached hydrogen (secondary N) is 1. The summed E-state index contributed by atoms with van der Waals surface area (Å²) in [5.41, 5.74) is 4.32. The van der Waals surface area contributed by atoms with Gasteiger partial charge in [0, 0.05) is 12.1 Å². The van der Waals surface area contributed by atoms with Gasteiger partial charge in [-0.1, -0.05) is 23.8 Å². The van der Waals surface area contributed by atoms with Gasteiger partial charge in [0.05, 0.1) is 7.11 Å². The van der Waals surface area contributed by atoms with E-state index < -0.39 is 0 Å². The second kappa shape index (κ2) is 5.69. The van der Waals surface area contributed by atoms with Crippen molar-refractivity contribution in [1.29, 1.82) is 0 Å². The lowest BCUT2D eigenvalue weighted by molar-refractivity contribution is 0.414. The molecule has 0 aliphatic heterocycles. The van der Waals surface area contributed by atoms with E-state index in [9.17, 15) is 0 Å². The van der Waals surface area contributed by atoms with E-state index in [0.717, 1.165) is 23.6 Å². The Labute approximate surface area is 113 Å². The molecule has 2 rings (SSSR count). The molecule has 1 aromatic heterocycles. The first-order valence-electron chi connectivity index (χ1n) is 6.37. The van der Waals surface area contributed by atoms with Gasteiger partial charge in [-0.2, -0.15) is 0 Å². The molecule has 100 valence electrons. The molecule has 0 atom stereocenters. The molecule has 1 heterocycles. The molecule has 2 aromatic rings. The smallest absolute Gasteiger partial charge is 0.187 e. The second-order valence-electron chi connectivity index (χ2n) is 4.45. The van der Waals surface area contributed by atoms with Crippen molar-refractivity contribution in [2.24, 2.45) is 0 Å². The highest BCUT2D eigenvalue weighted by Gasteiger charge is 2.14. The van der Waals surface area contributed by atoms with Crippen molar-refractivity contribution in [3.63, 3.8) is 0 Å². The van der Waals surface area contributed by atoms with Crippen molar-refractivity contribution >= 4 is 5.82 Å². The number of hydrogen-bond donors (Lipinski definition) is 1. The highest BCUT2D eigenvalue weighted by molar-refractivity contribution is 5.74. The monoisotopic (exact) mass is 257 g/mol. The molecule has 4 heteroatoms. The first-order chi connectivity index (χ1) is 9.17. The Bertz CT molecular complexity index is 582. The third-order valence-electron chi connectivity index (χ3n) is 2.99. The number of rotatable bonds is 4. The fourth-order valence-corrected chi connectivity index (χ4v) is 2.13. The number of anilines is 1. The van der Waals surface area contributed by atoms with Crippen LogP contribution >= 0.6 is 0 Å². The van der Waals surface area contributed by atoms with E-state index in [4.69, 9.17) is 4.74 Å². The first-order valence-corrected chi connectivity index (χ1v) is 6.37. The van der Waals surface area contributed by atoms with Crippen LogP contribution in [0.5, 0.6) is 5.75 Å². The van der Waals surface area contributed by atoms with Gasteiger partial charge in [0.2, 0.25) is 0 Å². The fourth-order valence-electron chi connectivity index (χ4n) is 2.13. The summed E-state index contributed by atoms with van der Waals surface area (Å²) in [6.45, 7) is 6.98. The van der Waals surface area contributed by atoms with Crippen LogP contribution in [0.25, 0.3) is 11.3 Å². The molecule has 0 bridgehead atoms. The quantitative estimate of drug-likeness (QED) is 0.913. The van der Waals surface area contributed by atoms with Crippen LogP contribution in [0.2, 0.25) is 0 Å². The van der Waals surface area contributed by atoms with Crippen LogP contribution < -0.4 is 10.1 Å². The molecule has 0 saturated carbocycles. The molecular formula is C15H19N3O. The highest BCUT2D eigenvalue weighted by Crippen LogP contribution is 2.34. The second-order valence-corrected chi connectivity index (χ2v) is 4.45. The Morgan fingerprint density at radius 1 is 1.21 bits per heavy atom. The van der Waals surface area contributed by atoms with Crippen LogP contribution in [0.4, 0.5) is 5.82 Å². The zero-order chi connectivity index (χ0) is 13.8. The van der Waals surface area contributed by atoms with Gasteiger partial charge in [0.1, 0.15) is 12.0 Å². The van der Waals surface area contributed by atoms with Gasteiger partial charge >= 0.3 is 0 Å². The van der Waals surface area contributed by atoms with E-state index in [0.29, 0.717) is 5.75 Å². The molecule has 0 spiro atoms. The van der Waals surface area contributed by atoms with Crippen LogP contribution in [0.3, 0.4) is 0 Å². The summed E-state index contributed by atoms with van der Waals surface area (Å²) in [5, 5.41) is 3.19. The maximum absolute atomic E-state index is 5.48. The van der Waals surface area contributed by atoms with Gasteiger partial charge < -0.3 is 10.1 Å². The summed E-state index contributed by atoms with van der Waals surface area (Å²) in [5.74, 6) is 1.42. The minimum atomic E-state index is 0.691. The standard InChI is InChI=1S/C15H19N3O/c1-5-16-15-14(19-4)13(17-9-18-15)12-7-6-10(2)8-11(12)3/h6-9H,5H2,1-4H3,(H,16,17,18). The summed E-state index contributed by atoms with van der Waals surface area (Å²) < 4.78 is 5.48. The Hall–Kier alpha value is -2.10. The Balaban J connectivity index is 2.58. The van der Waals surface area contributed by atoms with Crippen molar-refractivity contribution < 1.29 is 4.74 Å². The number of hydrogen-bond acceptors (Lipinski definition) is 4. The molecule has 0 amide bonds. The number of aryl methyl sites for hydroxylation is 2. The molecule has 1 N–H and O–H groups in total. The van der Waals surface area contributed by atoms with Crippen LogP contribution in [0, 0.1) is 13.8 Å². The Morgan fingerprint density at radius 3 is 2.63 bits per heavy atom. The Kier molecular flexibility index (Phi) is 4.00. The van der Waals surface area contributed by atoms with Crippen molar-refractivity contribution in [1.82, 2.24) is 9.97 Å². The molecule has 4 nitrogen and oxygen atoms in total. The van der Waals surface area contributed by atoms with E-state index in [1.165, 1.54) is 11.1 Å². The molecule has 0 saturated heterocycles. The van der Waals surface area contributed by atoms with Crippen molar-refractivity contribution in [2.75, 3.05) is 19.0 Å². The maximum atomic E-state index is 5.48. The average molecular weight is 257 g/mol. The predicted octanol–water partition coefficient (Wildman–Crippen LogP) is 3.20. The number of benzene rings is 1. The fraction of sp³-hybridized carbons (Fsp3) is 0.333. The van der Waals surface area contributed by atoms with E-state index in [-0.39, 0.29) is 0 Å². The minimum absolute atomic E-state index is 0.691. The largest absolute Gasteiger partial charge is 0.491 e. The van der Waals surface area contributed by atoms with Gasteiger partial charge in [0.15, 0.2) is 11.6 Å². The number of nitrogens with zero attached hydrogens (tertiary/aromatic N) is 2. The molecule has 0 fully saturated rings. The normalized spacial score (nSPS) is 10.3. The molecule has 0 unspecified atom stereocenters. The van der Waals surface area contributed by atoms with Gasteiger partial charge in [-0.05, 0) is 26.3 Å². The maximum Gasteiger partial charge on any atom is 0.187 e. The lowest BCUT2D eigenvalue weighted by atomic mass is 10.0. The molecule has 0 radical (unpaired) electrons. The van der Waals surface area contributed by atoms with Crippen molar-refractivity contribution in [3.8, 4) is 17.0 Å². The van der Waals surface area contributed by atoms with E-state index in [1.54, 1.807) is 13.4 Å². The highest BCUT2D eigenvalue weighted by atomic mass is 16.5. The molecule has 1 aromatic carbocycles. The van der Waals surface area contributed by atoms with Crippen LogP contribution in [-0.2, 0) is 0 Å². The van der Waals surface area contributed by atoms with Gasteiger partial charge in [-0.25, -0.2) is 9.97 Å². The molecule has 19 heavy (non-hydrogen) atoms. The zero-order valence-corrected chi connectivity index (χ0v) is 11.8. The van der Waals surface area contributed by atoms with Crippen LogP contribution in [0.1, 0.15) is 18.1 Å². The average Bonchev–Trinajstić information content (AvgIpc) is 2.39. The summed E-state index contributed by atoms with van der Waals surface area (Å²) in [6.07, 6.45) is 1.56. The molecule has 0 aliphatic rings. The first kappa shape index (κ1) is 13.3. The van der Waals surface area contributed by atoms with Gasteiger partial charge in [-0.3, -0.25) is 0 Å². The van der Waals surface area contributed by atoms with Crippen LogP contribution in [-0.4, -0.2) is 23.6 Å². The summed E-state index contributed by atoms with van der Waals surface area (Å²) in [4.78, 5) is 8.60. The SMILES string of the molecule is CCNc1ncnc(-c2ccc(C)cc2C)c1OC. The van der Waals surface area contributed by atoms with Gasteiger partial charge in [0.25, 0.3) is 0 Å². The third-order valence-corrected chi connectivity index (χ3v) is 2.99. The third kappa shape index (κ3) is 2.67. The number of aromatic nitrogens is 2. The van der Waals surface area contributed by atoms with E-state index >= 15 is 0 Å². The number of methoxy groups -OCH3 is 1. The molecular weight excluding hydrogens is 238 g/mol. The predicted molar refractivity (Wildman–Crippen MR) is 77.7 cm³/mol. The summed E-state index contributed by atoms with van der Waals surface area (Å²) in [6, 6.07) is 6.30. The lowest BCUT2D eigenvalue weighted by Crippen LogP contribution is -2.04. The van der Waals surface area contributed by atoms with Crippen molar-refractivity contribution in [2.45, 2.75) is 20.8 Å². The number of ether oxygens (including phenoxy) is 1. The summed E-state index contributed by atoms with van der Waals surface area (Å²) >= 11 is 0. The van der Waals surface area contributed by atoms with E-state index in [2.05, 4.69) is 47.3 Å². The summed E-state index contributed by atoms with van der Waals surface area (Å²) in [7, 11) is 1.65.